The number of amides is 1. The Morgan fingerprint density at radius 3 is 2.78 bits per heavy atom. The van der Waals surface area contributed by atoms with Gasteiger partial charge in [-0.05, 0) is 55.0 Å². The van der Waals surface area contributed by atoms with Crippen LogP contribution >= 0.6 is 11.6 Å². The second kappa shape index (κ2) is 8.04. The van der Waals surface area contributed by atoms with Crippen LogP contribution in [0.5, 0.6) is 0 Å². The number of nitrogens with zero attached hydrogens (tertiary/aromatic N) is 1. The first-order valence-corrected chi connectivity index (χ1v) is 8.59. The van der Waals surface area contributed by atoms with Crippen molar-refractivity contribution in [1.82, 2.24) is 5.32 Å². The molecule has 1 unspecified atom stereocenters. The van der Waals surface area contributed by atoms with E-state index in [9.17, 15) is 14.0 Å². The first-order valence-electron chi connectivity index (χ1n) is 8.21. The Bertz CT molecular complexity index is 982. The molecule has 0 bridgehead atoms. The topological polar surface area (TPSA) is 49.4 Å². The summed E-state index contributed by atoms with van der Waals surface area (Å²) in [4.78, 5) is 26.0. The van der Waals surface area contributed by atoms with Crippen LogP contribution in [-0.2, 0) is 9.59 Å². The van der Waals surface area contributed by atoms with Crippen LogP contribution < -0.4 is 10.2 Å². The molecule has 0 spiro atoms. The zero-order chi connectivity index (χ0) is 19.4. The zero-order valence-electron chi connectivity index (χ0n) is 14.4. The van der Waals surface area contributed by atoms with Crippen molar-refractivity contribution in [2.45, 2.75) is 13.1 Å². The number of carbonyl (C=O) groups is 1. The molecule has 136 valence electrons. The van der Waals surface area contributed by atoms with Gasteiger partial charge in [0.2, 0.25) is 0 Å². The van der Waals surface area contributed by atoms with E-state index in [1.54, 1.807) is 60.8 Å². The van der Waals surface area contributed by atoms with Crippen molar-refractivity contribution in [2.24, 2.45) is 0 Å². The van der Waals surface area contributed by atoms with Crippen LogP contribution in [0.3, 0.4) is 0 Å². The van der Waals surface area contributed by atoms with Crippen molar-refractivity contribution < 1.29 is 14.0 Å². The number of benzene rings is 1. The SMILES string of the molecule is CC1=C(C(=O)N(C2=CC=CNC=C2)c2ccccc2Cl)C=CC(F)C1=C=O. The molecule has 1 N–H and O–H groups in total. The van der Waals surface area contributed by atoms with E-state index in [0.29, 0.717) is 16.4 Å². The Hall–Kier alpha value is -3.14. The minimum Gasteiger partial charge on any atom is -0.368 e. The molecule has 0 saturated heterocycles. The smallest absolute Gasteiger partial charge is 0.263 e. The predicted octanol–water partition coefficient (Wildman–Crippen LogP) is 4.17. The van der Waals surface area contributed by atoms with Crippen LogP contribution in [0.25, 0.3) is 0 Å². The number of rotatable bonds is 3. The highest BCUT2D eigenvalue weighted by molar-refractivity contribution is 6.34. The summed E-state index contributed by atoms with van der Waals surface area (Å²) in [5.41, 5.74) is 1.32. The second-order valence-corrected chi connectivity index (χ2v) is 6.27. The lowest BCUT2D eigenvalue weighted by molar-refractivity contribution is -0.114. The van der Waals surface area contributed by atoms with Gasteiger partial charge in [-0.2, -0.15) is 0 Å². The molecule has 1 atom stereocenters. The molecule has 2 aliphatic rings. The third-order valence-corrected chi connectivity index (χ3v) is 4.54. The van der Waals surface area contributed by atoms with E-state index in [1.807, 2.05) is 0 Å². The van der Waals surface area contributed by atoms with Gasteiger partial charge < -0.3 is 5.32 Å². The maximum atomic E-state index is 13.9. The van der Waals surface area contributed by atoms with E-state index >= 15 is 0 Å². The highest BCUT2D eigenvalue weighted by Crippen LogP contribution is 2.33. The van der Waals surface area contributed by atoms with Gasteiger partial charge in [0.15, 0.2) is 6.17 Å². The Balaban J connectivity index is 2.16. The van der Waals surface area contributed by atoms with E-state index in [2.05, 4.69) is 5.32 Å². The molecule has 1 aliphatic carbocycles. The van der Waals surface area contributed by atoms with Crippen LogP contribution in [0, 0.1) is 0 Å². The summed E-state index contributed by atoms with van der Waals surface area (Å²) in [5, 5.41) is 3.32. The molecule has 1 heterocycles. The number of hydrogen-bond donors (Lipinski definition) is 1. The molecule has 3 rings (SSSR count). The number of allylic oxidation sites excluding steroid dienone is 6. The number of carbonyl (C=O) groups excluding carboxylic acids is 2. The van der Waals surface area contributed by atoms with E-state index in [1.165, 1.54) is 24.0 Å². The molecule has 6 heteroatoms. The fraction of sp³-hybridized carbons (Fsp3) is 0.0952. The minimum atomic E-state index is -1.57. The van der Waals surface area contributed by atoms with Crippen molar-refractivity contribution >= 4 is 29.1 Å². The summed E-state index contributed by atoms with van der Waals surface area (Å²) in [6.45, 7) is 1.53. The predicted molar refractivity (Wildman–Crippen MR) is 104 cm³/mol. The lowest BCUT2D eigenvalue weighted by Crippen LogP contribution is -2.32. The number of alkyl halides is 1. The fourth-order valence-corrected chi connectivity index (χ4v) is 3.05. The molecule has 1 amide bonds. The number of nitrogens with one attached hydrogen (secondary N) is 1. The van der Waals surface area contributed by atoms with Gasteiger partial charge in [-0.3, -0.25) is 9.69 Å². The molecular formula is C21H16ClFN2O2. The summed E-state index contributed by atoms with van der Waals surface area (Å²) in [7, 11) is 0. The van der Waals surface area contributed by atoms with E-state index in [-0.39, 0.29) is 16.7 Å². The molecule has 1 aliphatic heterocycles. The third kappa shape index (κ3) is 3.70. The maximum Gasteiger partial charge on any atom is 0.263 e. The maximum absolute atomic E-state index is 13.9. The molecule has 1 aromatic carbocycles. The monoisotopic (exact) mass is 382 g/mol. The van der Waals surface area contributed by atoms with Gasteiger partial charge in [-0.15, -0.1) is 0 Å². The van der Waals surface area contributed by atoms with Gasteiger partial charge in [0, 0.05) is 18.0 Å². The first kappa shape index (κ1) is 18.6. The van der Waals surface area contributed by atoms with Gasteiger partial charge >= 0.3 is 0 Å². The molecule has 27 heavy (non-hydrogen) atoms. The highest BCUT2D eigenvalue weighted by Gasteiger charge is 2.29. The van der Waals surface area contributed by atoms with E-state index in [0.717, 1.165) is 0 Å². The third-order valence-electron chi connectivity index (χ3n) is 4.22. The Labute approximate surface area is 161 Å². The van der Waals surface area contributed by atoms with Crippen LogP contribution in [0.15, 0.2) is 89.5 Å². The Kier molecular flexibility index (Phi) is 5.55. The molecule has 0 fully saturated rings. The highest BCUT2D eigenvalue weighted by atomic mass is 35.5. The zero-order valence-corrected chi connectivity index (χ0v) is 15.2. The molecule has 1 aromatic rings. The molecule has 0 saturated carbocycles. The summed E-state index contributed by atoms with van der Waals surface area (Å²) < 4.78 is 13.9. The van der Waals surface area contributed by atoms with Crippen molar-refractivity contribution in [1.29, 1.82) is 0 Å². The normalized spacial score (nSPS) is 18.6. The molecule has 0 radical (unpaired) electrons. The van der Waals surface area contributed by atoms with Crippen molar-refractivity contribution in [3.63, 3.8) is 0 Å². The van der Waals surface area contributed by atoms with Crippen molar-refractivity contribution in [3.05, 3.63) is 94.5 Å². The molecule has 4 nitrogen and oxygen atoms in total. The van der Waals surface area contributed by atoms with Gasteiger partial charge in [-0.25, -0.2) is 9.18 Å². The summed E-state index contributed by atoms with van der Waals surface area (Å²) in [6.07, 6.45) is 9.60. The van der Waals surface area contributed by atoms with Crippen LogP contribution in [-0.4, -0.2) is 18.0 Å². The van der Waals surface area contributed by atoms with Crippen LogP contribution in [0.1, 0.15) is 6.92 Å². The van der Waals surface area contributed by atoms with Gasteiger partial charge in [0.25, 0.3) is 5.91 Å². The summed E-state index contributed by atoms with van der Waals surface area (Å²) in [6, 6.07) is 6.93. The van der Waals surface area contributed by atoms with Crippen LogP contribution in [0.4, 0.5) is 10.1 Å². The van der Waals surface area contributed by atoms with Crippen molar-refractivity contribution in [2.75, 3.05) is 4.90 Å². The Morgan fingerprint density at radius 1 is 1.26 bits per heavy atom. The number of halogens is 2. The van der Waals surface area contributed by atoms with E-state index < -0.39 is 12.1 Å². The molecule has 0 aromatic heterocycles. The summed E-state index contributed by atoms with van der Waals surface area (Å²) >= 11 is 6.34. The fourth-order valence-electron chi connectivity index (χ4n) is 2.83. The number of anilines is 1. The van der Waals surface area contributed by atoms with Gasteiger partial charge in [-0.1, -0.05) is 23.7 Å². The van der Waals surface area contributed by atoms with Gasteiger partial charge in [0.05, 0.1) is 22.0 Å². The number of hydrogen-bond acceptors (Lipinski definition) is 3. The summed E-state index contributed by atoms with van der Waals surface area (Å²) in [5.74, 6) is 1.18. The lowest BCUT2D eigenvalue weighted by atomic mass is 9.92. The number of para-hydroxylation sites is 1. The lowest BCUT2D eigenvalue weighted by Gasteiger charge is -2.27. The first-order chi connectivity index (χ1) is 13.0. The van der Waals surface area contributed by atoms with E-state index in [4.69, 9.17) is 11.6 Å². The largest absolute Gasteiger partial charge is 0.368 e. The Morgan fingerprint density at radius 2 is 2.04 bits per heavy atom. The standard InChI is InChI=1S/C21H16ClFN2O2/c1-14-16(8-9-19(23)17(14)13-26)21(27)25(15-5-4-11-24-12-10-15)20-7-3-2-6-18(20)22/h2-12,19,24H,1H3. The molecular weight excluding hydrogens is 367 g/mol. The second-order valence-electron chi connectivity index (χ2n) is 5.86. The average Bonchev–Trinajstić information content (AvgIpc) is 2.93. The minimum absolute atomic E-state index is 0.174. The van der Waals surface area contributed by atoms with Gasteiger partial charge in [0.1, 0.15) is 5.94 Å². The van der Waals surface area contributed by atoms with Crippen molar-refractivity contribution in [3.8, 4) is 0 Å². The van der Waals surface area contributed by atoms with Crippen LogP contribution in [0.2, 0.25) is 5.02 Å². The average molecular weight is 383 g/mol. The quantitative estimate of drug-likeness (QED) is 0.798.